The summed E-state index contributed by atoms with van der Waals surface area (Å²) >= 11 is 7.11. The van der Waals surface area contributed by atoms with Gasteiger partial charge in [-0.25, -0.2) is 13.4 Å². The first-order chi connectivity index (χ1) is 18.7. The number of sulfonamides is 1. The number of imidazole rings is 1. The lowest BCUT2D eigenvalue weighted by molar-refractivity contribution is -0.144. The molecule has 0 radical (unpaired) electrons. The Morgan fingerprint density at radius 1 is 1.15 bits per heavy atom. The molecule has 0 aliphatic carbocycles. The van der Waals surface area contributed by atoms with Crippen LogP contribution in [0.4, 0.5) is 5.95 Å². The minimum absolute atomic E-state index is 0.227. The van der Waals surface area contributed by atoms with E-state index >= 15 is 0 Å². The number of hydrogen-bond acceptors (Lipinski definition) is 7. The van der Waals surface area contributed by atoms with Gasteiger partial charge < -0.3 is 14.8 Å². The number of aromatic nitrogens is 2. The highest BCUT2D eigenvalue weighted by molar-refractivity contribution is 7.92. The van der Waals surface area contributed by atoms with Gasteiger partial charge in [-0.15, -0.1) is 11.3 Å². The quantitative estimate of drug-likeness (QED) is 0.368. The van der Waals surface area contributed by atoms with Gasteiger partial charge in [0.15, 0.2) is 0 Å². The normalized spacial score (nSPS) is 20.3. The molecule has 2 atom stereocenters. The summed E-state index contributed by atoms with van der Waals surface area (Å²) in [5, 5.41) is 3.76. The number of nitrogens with zero attached hydrogens (tertiary/aromatic N) is 3. The van der Waals surface area contributed by atoms with E-state index in [1.54, 1.807) is 12.1 Å². The highest BCUT2D eigenvalue weighted by Gasteiger charge is 2.37. The minimum atomic E-state index is -3.90. The Morgan fingerprint density at radius 3 is 2.72 bits per heavy atom. The number of benzene rings is 1. The van der Waals surface area contributed by atoms with Gasteiger partial charge in [-0.3, -0.25) is 19.7 Å². The molecule has 5 rings (SSSR count). The third-order valence-corrected chi connectivity index (χ3v) is 8.98. The number of anilines is 1. The minimum Gasteiger partial charge on any atom is -0.332 e. The SMILES string of the molecule is O=C(Nc1nc2ccccc2[nH]1)C1CCCN1C(=O)CN1CCCC(NS(=O)(=O)/C=C/c2ccc(Cl)s2)C1=O. The number of para-hydroxylation sites is 2. The number of H-pyrrole nitrogens is 1. The second kappa shape index (κ2) is 11.5. The Balaban J connectivity index is 1.19. The van der Waals surface area contributed by atoms with E-state index in [-0.39, 0.29) is 18.4 Å². The number of carbonyl (C=O) groups is 3. The number of carbonyl (C=O) groups excluding carboxylic acids is 3. The number of rotatable bonds is 8. The molecular weight excluding hydrogens is 564 g/mol. The second-order valence-corrected chi connectivity index (χ2v) is 12.7. The van der Waals surface area contributed by atoms with Crippen LogP contribution in [-0.2, 0) is 24.4 Å². The van der Waals surface area contributed by atoms with Crippen molar-refractivity contribution in [2.45, 2.75) is 37.8 Å². The summed E-state index contributed by atoms with van der Waals surface area (Å²) in [5.74, 6) is -0.871. The molecule has 3 amide bonds. The number of fused-ring (bicyclic) bond motifs is 1. The Bertz CT molecular complexity index is 1500. The van der Waals surface area contributed by atoms with Crippen LogP contribution in [0.3, 0.4) is 0 Å². The molecule has 0 saturated carbocycles. The molecule has 2 fully saturated rings. The lowest BCUT2D eigenvalue weighted by Crippen LogP contribution is -2.55. The Kier molecular flexibility index (Phi) is 8.03. The van der Waals surface area contributed by atoms with E-state index in [1.165, 1.54) is 27.2 Å². The van der Waals surface area contributed by atoms with Crippen molar-refractivity contribution in [3.63, 3.8) is 0 Å². The lowest BCUT2D eigenvalue weighted by atomic mass is 10.1. The van der Waals surface area contributed by atoms with Crippen LogP contribution in [0.1, 0.15) is 30.6 Å². The maximum absolute atomic E-state index is 13.2. The molecular formula is C25H27ClN6O5S2. The van der Waals surface area contributed by atoms with E-state index in [2.05, 4.69) is 20.0 Å². The van der Waals surface area contributed by atoms with Crippen LogP contribution in [-0.4, -0.2) is 77.6 Å². The first-order valence-corrected chi connectivity index (χ1v) is 15.2. The summed E-state index contributed by atoms with van der Waals surface area (Å²) in [5.41, 5.74) is 1.50. The van der Waals surface area contributed by atoms with Crippen molar-refractivity contribution in [1.82, 2.24) is 24.5 Å². The first-order valence-electron chi connectivity index (χ1n) is 12.5. The number of thiophene rings is 1. The largest absolute Gasteiger partial charge is 0.332 e. The van der Waals surface area contributed by atoms with Crippen LogP contribution in [0.2, 0.25) is 4.34 Å². The zero-order valence-electron chi connectivity index (χ0n) is 20.8. The van der Waals surface area contributed by atoms with Crippen LogP contribution in [0.15, 0.2) is 41.8 Å². The molecule has 4 heterocycles. The number of halogens is 1. The summed E-state index contributed by atoms with van der Waals surface area (Å²) in [6.45, 7) is 0.498. The molecule has 0 spiro atoms. The summed E-state index contributed by atoms with van der Waals surface area (Å²) in [6.07, 6.45) is 3.43. The van der Waals surface area contributed by atoms with Crippen LogP contribution in [0.5, 0.6) is 0 Å². The van der Waals surface area contributed by atoms with Crippen LogP contribution >= 0.6 is 22.9 Å². The molecule has 11 nitrogen and oxygen atoms in total. The molecule has 2 saturated heterocycles. The van der Waals surface area contributed by atoms with Crippen LogP contribution < -0.4 is 10.0 Å². The van der Waals surface area contributed by atoms with Gasteiger partial charge in [-0.2, -0.15) is 4.72 Å². The van der Waals surface area contributed by atoms with Gasteiger partial charge in [0, 0.05) is 23.4 Å². The van der Waals surface area contributed by atoms with E-state index in [0.717, 1.165) is 10.9 Å². The maximum atomic E-state index is 13.2. The summed E-state index contributed by atoms with van der Waals surface area (Å²) in [7, 11) is -3.90. The van der Waals surface area contributed by atoms with Gasteiger partial charge in [0.1, 0.15) is 12.1 Å². The average Bonchev–Trinajstić information content (AvgIpc) is 3.64. The van der Waals surface area contributed by atoms with Crippen molar-refractivity contribution in [1.29, 1.82) is 0 Å². The molecule has 2 aliphatic rings. The molecule has 0 bridgehead atoms. The van der Waals surface area contributed by atoms with Gasteiger partial charge in [0.05, 0.1) is 21.9 Å². The Labute approximate surface area is 234 Å². The van der Waals surface area contributed by atoms with E-state index in [0.29, 0.717) is 59.5 Å². The van der Waals surface area contributed by atoms with Gasteiger partial charge >= 0.3 is 0 Å². The monoisotopic (exact) mass is 590 g/mol. The molecule has 1 aromatic carbocycles. The van der Waals surface area contributed by atoms with Crippen molar-refractivity contribution < 1.29 is 22.8 Å². The van der Waals surface area contributed by atoms with Crippen molar-refractivity contribution in [3.05, 3.63) is 51.0 Å². The van der Waals surface area contributed by atoms with E-state index < -0.39 is 28.0 Å². The fourth-order valence-electron chi connectivity index (χ4n) is 4.82. The predicted molar refractivity (Wildman–Crippen MR) is 149 cm³/mol. The van der Waals surface area contributed by atoms with Crippen molar-refractivity contribution >= 4 is 73.7 Å². The second-order valence-electron chi connectivity index (χ2n) is 9.40. The van der Waals surface area contributed by atoms with Crippen LogP contribution in [0.25, 0.3) is 17.1 Å². The molecule has 2 unspecified atom stereocenters. The van der Waals surface area contributed by atoms with Gasteiger partial charge in [0.2, 0.25) is 33.7 Å². The molecule has 2 aromatic heterocycles. The zero-order chi connectivity index (χ0) is 27.6. The molecule has 206 valence electrons. The number of hydrogen-bond donors (Lipinski definition) is 3. The molecule has 39 heavy (non-hydrogen) atoms. The third-order valence-electron chi connectivity index (χ3n) is 6.68. The summed E-state index contributed by atoms with van der Waals surface area (Å²) < 4.78 is 28.1. The van der Waals surface area contributed by atoms with Gasteiger partial charge in [-0.05, 0) is 56.0 Å². The van der Waals surface area contributed by atoms with E-state index in [9.17, 15) is 22.8 Å². The zero-order valence-corrected chi connectivity index (χ0v) is 23.2. The van der Waals surface area contributed by atoms with Crippen molar-refractivity contribution in [3.8, 4) is 0 Å². The third kappa shape index (κ3) is 6.49. The number of piperidine rings is 1. The Hall–Kier alpha value is -3.26. The first kappa shape index (κ1) is 27.3. The molecule has 3 N–H and O–H groups in total. The number of aromatic amines is 1. The maximum Gasteiger partial charge on any atom is 0.249 e. The van der Waals surface area contributed by atoms with Crippen LogP contribution in [0, 0.1) is 0 Å². The Morgan fingerprint density at radius 2 is 1.95 bits per heavy atom. The standard InChI is InChI=1S/C25H27ClN6O5S2/c26-21-10-9-16(38-21)11-14-39(36,37)30-19-7-3-12-31(24(19)35)15-22(33)32-13-4-8-20(32)23(34)29-25-27-17-5-1-2-6-18(17)28-25/h1-2,5-6,9-11,14,19-20,30H,3-4,7-8,12-13,15H2,(H2,27,28,29,34)/b14-11+. The van der Waals surface area contributed by atoms with Crippen molar-refractivity contribution in [2.24, 2.45) is 0 Å². The highest BCUT2D eigenvalue weighted by Crippen LogP contribution is 2.24. The molecule has 14 heteroatoms. The summed E-state index contributed by atoms with van der Waals surface area (Å²) in [6, 6.07) is 9.09. The number of likely N-dealkylation sites (tertiary alicyclic amines) is 2. The predicted octanol–water partition coefficient (Wildman–Crippen LogP) is 2.79. The lowest BCUT2D eigenvalue weighted by Gasteiger charge is -2.33. The fraction of sp³-hybridized carbons (Fsp3) is 0.360. The highest BCUT2D eigenvalue weighted by atomic mass is 35.5. The number of nitrogens with one attached hydrogen (secondary N) is 3. The van der Waals surface area contributed by atoms with Gasteiger partial charge in [0.25, 0.3) is 0 Å². The summed E-state index contributed by atoms with van der Waals surface area (Å²) in [4.78, 5) is 50.2. The molecule has 3 aromatic rings. The molecule has 2 aliphatic heterocycles. The smallest absolute Gasteiger partial charge is 0.249 e. The fourth-order valence-corrected chi connectivity index (χ4v) is 6.89. The topological polar surface area (TPSA) is 145 Å². The van der Waals surface area contributed by atoms with E-state index in [1.807, 2.05) is 24.3 Å². The van der Waals surface area contributed by atoms with E-state index in [4.69, 9.17) is 11.6 Å². The number of amides is 3. The average molecular weight is 591 g/mol. The van der Waals surface area contributed by atoms with Gasteiger partial charge in [-0.1, -0.05) is 23.7 Å². The van der Waals surface area contributed by atoms with Crippen molar-refractivity contribution in [2.75, 3.05) is 25.0 Å².